The first-order chi connectivity index (χ1) is 11.0. The Hall–Kier alpha value is -2.23. The third-order valence-corrected chi connectivity index (χ3v) is 5.52. The summed E-state index contributed by atoms with van der Waals surface area (Å²) in [5.41, 5.74) is 4.35. The average Bonchev–Trinajstić information content (AvgIpc) is 3.05. The summed E-state index contributed by atoms with van der Waals surface area (Å²) in [5, 5.41) is 4.49. The lowest BCUT2D eigenvalue weighted by molar-refractivity contribution is -0.123. The van der Waals surface area contributed by atoms with E-state index in [1.54, 1.807) is 19.1 Å². The van der Waals surface area contributed by atoms with Gasteiger partial charge in [0.25, 0.3) is 0 Å². The predicted octanol–water partition coefficient (Wildman–Crippen LogP) is 3.96. The van der Waals surface area contributed by atoms with Crippen LogP contribution in [0.4, 0.5) is 4.39 Å². The van der Waals surface area contributed by atoms with Crippen LogP contribution in [-0.4, -0.2) is 15.6 Å². The van der Waals surface area contributed by atoms with Crippen molar-refractivity contribution in [3.8, 4) is 5.69 Å². The van der Waals surface area contributed by atoms with Crippen LogP contribution in [0.15, 0.2) is 36.0 Å². The maximum Gasteiger partial charge on any atom is 0.133 e. The molecule has 0 bridgehead atoms. The molecule has 4 heteroatoms. The van der Waals surface area contributed by atoms with E-state index in [1.807, 2.05) is 10.9 Å². The lowest BCUT2D eigenvalue weighted by Crippen LogP contribution is -2.32. The maximum absolute atomic E-state index is 13.1. The Bertz CT molecular complexity index is 818. The van der Waals surface area contributed by atoms with Crippen LogP contribution in [0.5, 0.6) is 0 Å². The van der Waals surface area contributed by atoms with Gasteiger partial charge in [-0.05, 0) is 62.1 Å². The van der Waals surface area contributed by atoms with Gasteiger partial charge in [0.2, 0.25) is 0 Å². The molecule has 0 aliphatic heterocycles. The van der Waals surface area contributed by atoms with E-state index >= 15 is 0 Å². The van der Waals surface area contributed by atoms with Crippen LogP contribution in [0.1, 0.15) is 37.9 Å². The van der Waals surface area contributed by atoms with Crippen LogP contribution >= 0.6 is 0 Å². The van der Waals surface area contributed by atoms with Gasteiger partial charge in [0.05, 0.1) is 17.6 Å². The van der Waals surface area contributed by atoms with Crippen LogP contribution in [0.25, 0.3) is 11.8 Å². The highest BCUT2D eigenvalue weighted by Crippen LogP contribution is 2.53. The molecular formula is C19H19FN2O. The molecule has 118 valence electrons. The third kappa shape index (κ3) is 2.08. The number of hydrogen-bond acceptors (Lipinski definition) is 2. The summed E-state index contributed by atoms with van der Waals surface area (Å²) in [5.74, 6) is 0.141. The summed E-state index contributed by atoms with van der Waals surface area (Å²) in [6.07, 6.45) is 6.82. The number of ketones is 1. The van der Waals surface area contributed by atoms with E-state index < -0.39 is 0 Å². The molecule has 2 aliphatic rings. The number of carbonyl (C=O) groups is 1. The quantitative estimate of drug-likeness (QED) is 0.841. The molecule has 0 radical (unpaired) electrons. The zero-order valence-corrected chi connectivity index (χ0v) is 13.3. The first kappa shape index (κ1) is 14.4. The van der Waals surface area contributed by atoms with E-state index in [4.69, 9.17) is 0 Å². The highest BCUT2D eigenvalue weighted by atomic mass is 19.1. The number of aromatic nitrogens is 2. The van der Waals surface area contributed by atoms with Crippen molar-refractivity contribution in [3.63, 3.8) is 0 Å². The number of fused-ring (bicyclic) bond motifs is 2. The molecule has 1 saturated carbocycles. The molecule has 1 heterocycles. The fourth-order valence-electron chi connectivity index (χ4n) is 4.28. The normalized spacial score (nSPS) is 25.7. The average molecular weight is 310 g/mol. The number of hydrogen-bond donors (Lipinski definition) is 0. The standard InChI is InChI=1S/C19H19FN2O/c1-12(23)17-8-3-14-9-18-13(10-19(14,17)2)11-21-22(18)16-6-4-15(20)5-7-16/h4-7,9,11,17H,3,8,10H2,1-2H3/t17-,19?/m1/s1. The van der Waals surface area contributed by atoms with Crippen LogP contribution in [0.3, 0.4) is 0 Å². The molecule has 0 N–H and O–H groups in total. The molecule has 1 aromatic carbocycles. The van der Waals surface area contributed by atoms with E-state index in [9.17, 15) is 9.18 Å². The molecule has 1 aromatic heterocycles. The fraction of sp³-hybridized carbons (Fsp3) is 0.368. The molecule has 3 nitrogen and oxygen atoms in total. The molecule has 2 aromatic rings. The van der Waals surface area contributed by atoms with E-state index in [0.717, 1.165) is 36.2 Å². The highest BCUT2D eigenvalue weighted by molar-refractivity contribution is 5.81. The molecular weight excluding hydrogens is 291 g/mol. The molecule has 0 amide bonds. The Morgan fingerprint density at radius 3 is 2.78 bits per heavy atom. The number of Topliss-reactive ketones (excluding diaryl/α,β-unsaturated/α-hetero) is 1. The van der Waals surface area contributed by atoms with Crippen molar-refractivity contribution in [2.75, 3.05) is 0 Å². The van der Waals surface area contributed by atoms with Crippen LogP contribution in [-0.2, 0) is 11.2 Å². The minimum absolute atomic E-state index is 0.0739. The molecule has 2 aliphatic carbocycles. The van der Waals surface area contributed by atoms with Crippen LogP contribution in [0.2, 0.25) is 0 Å². The number of halogens is 1. The zero-order valence-electron chi connectivity index (χ0n) is 13.3. The SMILES string of the molecule is CC(=O)[C@H]1CCC2=Cc3c(cnn3-c3ccc(F)cc3)CC21C. The molecule has 4 rings (SSSR count). The van der Waals surface area contributed by atoms with Crippen molar-refractivity contribution < 1.29 is 9.18 Å². The summed E-state index contributed by atoms with van der Waals surface area (Å²) in [4.78, 5) is 12.0. The third-order valence-electron chi connectivity index (χ3n) is 5.52. The van der Waals surface area contributed by atoms with Crippen LogP contribution < -0.4 is 0 Å². The summed E-state index contributed by atoms with van der Waals surface area (Å²) >= 11 is 0. The lowest BCUT2D eigenvalue weighted by atomic mass is 9.69. The van der Waals surface area contributed by atoms with Crippen molar-refractivity contribution in [1.29, 1.82) is 0 Å². The molecule has 23 heavy (non-hydrogen) atoms. The van der Waals surface area contributed by atoms with Gasteiger partial charge in [-0.3, -0.25) is 4.79 Å². The molecule has 1 unspecified atom stereocenters. The van der Waals surface area contributed by atoms with E-state index in [2.05, 4.69) is 18.1 Å². The summed E-state index contributed by atoms with van der Waals surface area (Å²) in [6, 6.07) is 6.37. The van der Waals surface area contributed by atoms with Gasteiger partial charge in [0.15, 0.2) is 0 Å². The first-order valence-corrected chi connectivity index (χ1v) is 8.03. The second-order valence-electron chi connectivity index (χ2n) is 6.91. The number of nitrogens with zero attached hydrogens (tertiary/aromatic N) is 2. The zero-order chi connectivity index (χ0) is 16.2. The Kier molecular flexibility index (Phi) is 3.05. The number of carbonyl (C=O) groups excluding carboxylic acids is 1. The van der Waals surface area contributed by atoms with Crippen molar-refractivity contribution in [3.05, 3.63) is 53.1 Å². The van der Waals surface area contributed by atoms with Gasteiger partial charge in [-0.25, -0.2) is 9.07 Å². The minimum atomic E-state index is -0.249. The second-order valence-corrected chi connectivity index (χ2v) is 6.91. The summed E-state index contributed by atoms with van der Waals surface area (Å²) in [7, 11) is 0. The van der Waals surface area contributed by atoms with Gasteiger partial charge in [-0.1, -0.05) is 12.5 Å². The first-order valence-electron chi connectivity index (χ1n) is 8.03. The highest BCUT2D eigenvalue weighted by Gasteiger charge is 2.47. The molecule has 2 atom stereocenters. The van der Waals surface area contributed by atoms with Crippen LogP contribution in [0, 0.1) is 17.2 Å². The second kappa shape index (κ2) is 4.88. The molecule has 0 saturated heterocycles. The lowest BCUT2D eigenvalue weighted by Gasteiger charge is -2.34. The summed E-state index contributed by atoms with van der Waals surface area (Å²) in [6.45, 7) is 3.91. The van der Waals surface area contributed by atoms with E-state index in [0.29, 0.717) is 0 Å². The molecule has 1 fully saturated rings. The van der Waals surface area contributed by atoms with Crippen molar-refractivity contribution in [1.82, 2.24) is 9.78 Å². The number of allylic oxidation sites excluding steroid dienone is 1. The van der Waals surface area contributed by atoms with Gasteiger partial charge >= 0.3 is 0 Å². The van der Waals surface area contributed by atoms with Gasteiger partial charge in [0.1, 0.15) is 11.6 Å². The Morgan fingerprint density at radius 2 is 2.09 bits per heavy atom. The summed E-state index contributed by atoms with van der Waals surface area (Å²) < 4.78 is 15.0. The van der Waals surface area contributed by atoms with Gasteiger partial charge in [0, 0.05) is 11.3 Å². The Balaban J connectivity index is 1.79. The topological polar surface area (TPSA) is 34.9 Å². The molecule has 0 spiro atoms. The van der Waals surface area contributed by atoms with Gasteiger partial charge in [-0.2, -0.15) is 5.10 Å². The monoisotopic (exact) mass is 310 g/mol. The van der Waals surface area contributed by atoms with Crippen molar-refractivity contribution in [2.45, 2.75) is 33.1 Å². The minimum Gasteiger partial charge on any atom is -0.300 e. The smallest absolute Gasteiger partial charge is 0.133 e. The largest absolute Gasteiger partial charge is 0.300 e. The van der Waals surface area contributed by atoms with E-state index in [1.165, 1.54) is 17.7 Å². The Morgan fingerprint density at radius 1 is 1.35 bits per heavy atom. The van der Waals surface area contributed by atoms with Gasteiger partial charge < -0.3 is 0 Å². The predicted molar refractivity (Wildman–Crippen MR) is 86.7 cm³/mol. The maximum atomic E-state index is 13.1. The Labute approximate surface area is 134 Å². The number of benzene rings is 1. The van der Waals surface area contributed by atoms with Crippen molar-refractivity contribution >= 4 is 11.9 Å². The number of rotatable bonds is 2. The van der Waals surface area contributed by atoms with E-state index in [-0.39, 0.29) is 22.9 Å². The fourth-order valence-corrected chi connectivity index (χ4v) is 4.28. The van der Waals surface area contributed by atoms with Crippen molar-refractivity contribution in [2.24, 2.45) is 11.3 Å². The van der Waals surface area contributed by atoms with Gasteiger partial charge in [-0.15, -0.1) is 0 Å².